The number of β-amino-alcohol motifs (C(OH)–C–C–N with tert-alkyl or cyclic N) is 1. The lowest BCUT2D eigenvalue weighted by molar-refractivity contribution is -0.125. The van der Waals surface area contributed by atoms with Crippen LogP contribution in [0.15, 0.2) is 42.7 Å². The van der Waals surface area contributed by atoms with Crippen LogP contribution in [-0.2, 0) is 16.8 Å². The maximum Gasteiger partial charge on any atom is 0.232 e. The van der Waals surface area contributed by atoms with Crippen molar-refractivity contribution in [3.8, 4) is 0 Å². The molecule has 2 aromatic rings. The van der Waals surface area contributed by atoms with Crippen molar-refractivity contribution in [3.05, 3.63) is 59.4 Å². The number of aryl methyl sites for hydroxylation is 1. The van der Waals surface area contributed by atoms with Crippen LogP contribution in [0.4, 0.5) is 5.69 Å². The molecule has 0 saturated carbocycles. The van der Waals surface area contributed by atoms with E-state index in [1.54, 1.807) is 12.4 Å². The molecule has 0 unspecified atom stereocenters. The van der Waals surface area contributed by atoms with Crippen LogP contribution in [0.25, 0.3) is 0 Å². The Morgan fingerprint density at radius 3 is 2.59 bits per heavy atom. The number of benzene rings is 1. The number of hydrogen-bond donors (Lipinski definition) is 2. The predicted octanol–water partition coefficient (Wildman–Crippen LogP) is 3.42. The number of hydrogen-bond acceptors (Lipinski definition) is 5. The molecule has 6 nitrogen and oxygen atoms in total. The van der Waals surface area contributed by atoms with Gasteiger partial charge in [-0.15, -0.1) is 0 Å². The predicted molar refractivity (Wildman–Crippen MR) is 125 cm³/mol. The number of rotatable bonds is 4. The Labute approximate surface area is 190 Å². The highest BCUT2D eigenvalue weighted by atomic mass is 16.3. The Hall–Kier alpha value is -2.28. The molecule has 2 aliphatic rings. The summed E-state index contributed by atoms with van der Waals surface area (Å²) < 4.78 is 0. The van der Waals surface area contributed by atoms with Gasteiger partial charge in [-0.05, 0) is 48.9 Å². The number of anilines is 1. The maximum absolute atomic E-state index is 12.9. The van der Waals surface area contributed by atoms with Gasteiger partial charge in [0.15, 0.2) is 0 Å². The molecule has 4 rings (SSSR count). The largest absolute Gasteiger partial charge is 0.387 e. The molecule has 2 aliphatic heterocycles. The zero-order chi connectivity index (χ0) is 22.9. The fourth-order valence-electron chi connectivity index (χ4n) is 4.82. The summed E-state index contributed by atoms with van der Waals surface area (Å²) >= 11 is 0. The molecule has 1 aromatic heterocycles. The number of aromatic nitrogens is 1. The summed E-state index contributed by atoms with van der Waals surface area (Å²) in [7, 11) is 0. The average Bonchev–Trinajstić information content (AvgIpc) is 2.79. The third-order valence-corrected chi connectivity index (χ3v) is 6.81. The van der Waals surface area contributed by atoms with E-state index in [-0.39, 0.29) is 5.91 Å². The number of likely N-dealkylation sites (tertiary alicyclic amines) is 1. The minimum atomic E-state index is -0.843. The van der Waals surface area contributed by atoms with Crippen molar-refractivity contribution in [1.82, 2.24) is 9.88 Å². The number of aliphatic hydroxyl groups excluding tert-OH is 1. The monoisotopic (exact) mass is 437 g/mol. The zero-order valence-corrected chi connectivity index (χ0v) is 19.4. The van der Waals surface area contributed by atoms with Crippen LogP contribution in [0.5, 0.6) is 0 Å². The summed E-state index contributed by atoms with van der Waals surface area (Å²) in [6.07, 6.45) is 5.97. The van der Waals surface area contributed by atoms with Gasteiger partial charge in [-0.25, -0.2) is 0 Å². The van der Waals surface area contributed by atoms with Crippen molar-refractivity contribution in [2.75, 3.05) is 31.1 Å². The van der Waals surface area contributed by atoms with Crippen LogP contribution < -0.4 is 4.90 Å². The lowest BCUT2D eigenvalue weighted by atomic mass is 9.85. The SMILES string of the molecule is CC(C)(C)C(=O)N1CCCc2cc([C@@H](O)CN3CCC(O)(c4cccnc4)CC3)ccc21. The maximum atomic E-state index is 12.9. The van der Waals surface area contributed by atoms with Crippen molar-refractivity contribution in [1.29, 1.82) is 0 Å². The molecule has 0 radical (unpaired) electrons. The van der Waals surface area contributed by atoms with E-state index in [1.807, 2.05) is 49.9 Å². The molecule has 1 amide bonds. The van der Waals surface area contributed by atoms with Crippen LogP contribution in [0.1, 0.15) is 62.8 Å². The van der Waals surface area contributed by atoms with Crippen molar-refractivity contribution in [2.45, 2.75) is 58.2 Å². The first-order valence-corrected chi connectivity index (χ1v) is 11.7. The highest BCUT2D eigenvalue weighted by Crippen LogP contribution is 2.35. The minimum Gasteiger partial charge on any atom is -0.387 e. The first-order valence-electron chi connectivity index (χ1n) is 11.7. The molecule has 172 valence electrons. The minimum absolute atomic E-state index is 0.140. The lowest BCUT2D eigenvalue weighted by Crippen LogP contribution is -2.44. The third-order valence-electron chi connectivity index (χ3n) is 6.81. The quantitative estimate of drug-likeness (QED) is 0.766. The van der Waals surface area contributed by atoms with Crippen molar-refractivity contribution < 1.29 is 15.0 Å². The molecule has 2 N–H and O–H groups in total. The number of fused-ring (bicyclic) bond motifs is 1. The van der Waals surface area contributed by atoms with E-state index in [0.29, 0.717) is 19.4 Å². The lowest BCUT2D eigenvalue weighted by Gasteiger charge is -2.39. The number of pyridine rings is 1. The van der Waals surface area contributed by atoms with Crippen molar-refractivity contribution in [2.24, 2.45) is 5.41 Å². The van der Waals surface area contributed by atoms with Crippen LogP contribution in [-0.4, -0.2) is 52.2 Å². The van der Waals surface area contributed by atoms with Gasteiger partial charge >= 0.3 is 0 Å². The van der Waals surface area contributed by atoms with Gasteiger partial charge in [0.1, 0.15) is 0 Å². The Kier molecular flexibility index (Phi) is 6.39. The van der Waals surface area contributed by atoms with E-state index in [4.69, 9.17) is 0 Å². The second-order valence-corrected chi connectivity index (χ2v) is 10.3. The van der Waals surface area contributed by atoms with Gasteiger partial charge in [-0.2, -0.15) is 0 Å². The van der Waals surface area contributed by atoms with Crippen molar-refractivity contribution in [3.63, 3.8) is 0 Å². The van der Waals surface area contributed by atoms with Crippen LogP contribution in [0.3, 0.4) is 0 Å². The van der Waals surface area contributed by atoms with Gasteiger partial charge in [0.25, 0.3) is 0 Å². The standard InChI is InChI=1S/C26H35N3O3/c1-25(2,3)24(31)29-13-5-6-19-16-20(8-9-22(19)29)23(30)18-28-14-10-26(32,11-15-28)21-7-4-12-27-17-21/h4,7-9,12,16-17,23,30,32H,5-6,10-11,13-15,18H2,1-3H3/t23-/m0/s1. The van der Waals surface area contributed by atoms with E-state index < -0.39 is 17.1 Å². The molecule has 32 heavy (non-hydrogen) atoms. The number of aliphatic hydroxyl groups is 2. The summed E-state index contributed by atoms with van der Waals surface area (Å²) in [6, 6.07) is 9.80. The molecule has 0 bridgehead atoms. The number of nitrogens with zero attached hydrogens (tertiary/aromatic N) is 3. The Morgan fingerprint density at radius 1 is 1.19 bits per heavy atom. The van der Waals surface area contributed by atoms with E-state index in [9.17, 15) is 15.0 Å². The second-order valence-electron chi connectivity index (χ2n) is 10.3. The summed E-state index contributed by atoms with van der Waals surface area (Å²) in [5, 5.41) is 21.9. The molecule has 6 heteroatoms. The fourth-order valence-corrected chi connectivity index (χ4v) is 4.82. The van der Waals surface area contributed by atoms with E-state index in [1.165, 1.54) is 0 Å². The Bertz CT molecular complexity index is 947. The molecule has 3 heterocycles. The molecule has 1 saturated heterocycles. The molecular weight excluding hydrogens is 402 g/mol. The third kappa shape index (κ3) is 4.72. The highest BCUT2D eigenvalue weighted by Gasteiger charge is 2.35. The van der Waals surface area contributed by atoms with Gasteiger partial charge in [-0.3, -0.25) is 9.78 Å². The topological polar surface area (TPSA) is 76.9 Å². The summed E-state index contributed by atoms with van der Waals surface area (Å²) in [5.41, 5.74) is 2.61. The fraction of sp³-hybridized carbons (Fsp3) is 0.538. The van der Waals surface area contributed by atoms with E-state index in [0.717, 1.165) is 54.9 Å². The van der Waals surface area contributed by atoms with Gasteiger partial charge in [0.05, 0.1) is 11.7 Å². The molecule has 0 spiro atoms. The normalized spacial score (nSPS) is 20.0. The van der Waals surface area contributed by atoms with Crippen molar-refractivity contribution >= 4 is 11.6 Å². The number of carbonyl (C=O) groups excluding carboxylic acids is 1. The first kappa shape index (κ1) is 22.9. The summed E-state index contributed by atoms with van der Waals surface area (Å²) in [6.45, 7) is 8.59. The van der Waals surface area contributed by atoms with Crippen LogP contribution in [0, 0.1) is 5.41 Å². The van der Waals surface area contributed by atoms with E-state index >= 15 is 0 Å². The summed E-state index contributed by atoms with van der Waals surface area (Å²) in [5.74, 6) is 0.140. The smallest absolute Gasteiger partial charge is 0.232 e. The van der Waals surface area contributed by atoms with Gasteiger partial charge in [0, 0.05) is 55.2 Å². The number of piperidine rings is 1. The first-order chi connectivity index (χ1) is 15.2. The Balaban J connectivity index is 1.41. The molecular formula is C26H35N3O3. The molecule has 0 aliphatic carbocycles. The van der Waals surface area contributed by atoms with E-state index in [2.05, 4.69) is 16.0 Å². The Morgan fingerprint density at radius 2 is 1.94 bits per heavy atom. The zero-order valence-electron chi connectivity index (χ0n) is 19.4. The highest BCUT2D eigenvalue weighted by molar-refractivity contribution is 5.98. The number of amides is 1. The molecule has 1 fully saturated rings. The molecule has 1 aromatic carbocycles. The van der Waals surface area contributed by atoms with Crippen LogP contribution in [0.2, 0.25) is 0 Å². The second kappa shape index (κ2) is 8.93. The van der Waals surface area contributed by atoms with Gasteiger partial charge in [-0.1, -0.05) is 39.0 Å². The summed E-state index contributed by atoms with van der Waals surface area (Å²) in [4.78, 5) is 21.1. The number of carbonyl (C=O) groups is 1. The average molecular weight is 438 g/mol. The molecule has 1 atom stereocenters. The van der Waals surface area contributed by atoms with Crippen LogP contribution >= 0.6 is 0 Å². The van der Waals surface area contributed by atoms with Gasteiger partial charge in [0.2, 0.25) is 5.91 Å². The van der Waals surface area contributed by atoms with Gasteiger partial charge < -0.3 is 20.0 Å².